The molecule has 0 saturated heterocycles. The van der Waals surface area contributed by atoms with E-state index >= 15 is 0 Å². The van der Waals surface area contributed by atoms with Gasteiger partial charge in [0.15, 0.2) is 0 Å². The van der Waals surface area contributed by atoms with Crippen LogP contribution in [0.15, 0.2) is 30.3 Å². The van der Waals surface area contributed by atoms with Gasteiger partial charge in [-0.25, -0.2) is 0 Å². The maximum Gasteiger partial charge on any atom is 0.0320 e. The smallest absolute Gasteiger partial charge is 0.0320 e. The Labute approximate surface area is 80.2 Å². The number of hydrogen-bond donors (Lipinski definition) is 1. The van der Waals surface area contributed by atoms with E-state index in [9.17, 15) is 0 Å². The van der Waals surface area contributed by atoms with Crippen molar-refractivity contribution in [3.8, 4) is 0 Å². The maximum absolute atomic E-state index is 3.66. The Morgan fingerprint density at radius 1 is 1.31 bits per heavy atom. The summed E-state index contributed by atoms with van der Waals surface area (Å²) in [6.07, 6.45) is 3.91. The van der Waals surface area contributed by atoms with E-state index in [2.05, 4.69) is 42.6 Å². The quantitative estimate of drug-likeness (QED) is 0.742. The molecule has 1 fully saturated rings. The zero-order valence-electron chi connectivity index (χ0n) is 8.16. The van der Waals surface area contributed by atoms with E-state index in [0.29, 0.717) is 6.04 Å². The van der Waals surface area contributed by atoms with Crippen LogP contribution < -0.4 is 5.32 Å². The molecule has 0 spiro atoms. The summed E-state index contributed by atoms with van der Waals surface area (Å²) in [6, 6.07) is 12.1. The number of rotatable bonds is 4. The molecule has 70 valence electrons. The van der Waals surface area contributed by atoms with Crippen LogP contribution in [0.4, 0.5) is 0 Å². The molecule has 1 nitrogen and oxygen atoms in total. The summed E-state index contributed by atoms with van der Waals surface area (Å²) in [6.45, 7) is 2.24. The van der Waals surface area contributed by atoms with Crippen LogP contribution in [0.1, 0.15) is 37.8 Å². The van der Waals surface area contributed by atoms with E-state index in [0.717, 1.165) is 6.04 Å². The van der Waals surface area contributed by atoms with Crippen molar-refractivity contribution in [2.24, 2.45) is 0 Å². The van der Waals surface area contributed by atoms with Crippen molar-refractivity contribution in [1.82, 2.24) is 5.32 Å². The van der Waals surface area contributed by atoms with Gasteiger partial charge in [-0.3, -0.25) is 0 Å². The number of hydrogen-bond acceptors (Lipinski definition) is 1. The van der Waals surface area contributed by atoms with Crippen LogP contribution >= 0.6 is 0 Å². The summed E-state index contributed by atoms with van der Waals surface area (Å²) < 4.78 is 0. The van der Waals surface area contributed by atoms with Gasteiger partial charge in [-0.05, 0) is 24.8 Å². The fourth-order valence-corrected chi connectivity index (χ4v) is 1.67. The van der Waals surface area contributed by atoms with Crippen molar-refractivity contribution in [3.63, 3.8) is 0 Å². The van der Waals surface area contributed by atoms with E-state index in [4.69, 9.17) is 0 Å². The summed E-state index contributed by atoms with van der Waals surface area (Å²) in [5.41, 5.74) is 1.43. The molecule has 0 aliphatic heterocycles. The molecule has 1 aliphatic rings. The molecule has 1 saturated carbocycles. The highest BCUT2D eigenvalue weighted by molar-refractivity contribution is 5.19. The molecule has 2 rings (SSSR count). The first kappa shape index (κ1) is 8.76. The van der Waals surface area contributed by atoms with Crippen LogP contribution in [0.3, 0.4) is 0 Å². The lowest BCUT2D eigenvalue weighted by atomic mass is 10.0. The Hall–Kier alpha value is -0.820. The third-order valence-corrected chi connectivity index (χ3v) is 2.62. The molecule has 1 aliphatic carbocycles. The lowest BCUT2D eigenvalue weighted by molar-refractivity contribution is 0.516. The third kappa shape index (κ3) is 2.31. The average molecular weight is 175 g/mol. The van der Waals surface area contributed by atoms with Crippen molar-refractivity contribution < 1.29 is 0 Å². The summed E-state index contributed by atoms with van der Waals surface area (Å²) in [7, 11) is 0. The molecule has 0 radical (unpaired) electrons. The highest BCUT2D eigenvalue weighted by atomic mass is 15.0. The fourth-order valence-electron chi connectivity index (χ4n) is 1.67. The van der Waals surface area contributed by atoms with Crippen molar-refractivity contribution in [2.45, 2.75) is 38.3 Å². The number of benzene rings is 1. The van der Waals surface area contributed by atoms with Gasteiger partial charge >= 0.3 is 0 Å². The van der Waals surface area contributed by atoms with Gasteiger partial charge in [0.1, 0.15) is 0 Å². The monoisotopic (exact) mass is 175 g/mol. The van der Waals surface area contributed by atoms with Gasteiger partial charge in [0.05, 0.1) is 0 Å². The first-order valence-corrected chi connectivity index (χ1v) is 5.21. The van der Waals surface area contributed by atoms with E-state index in [1.807, 2.05) is 0 Å². The molecular weight excluding hydrogens is 158 g/mol. The van der Waals surface area contributed by atoms with Crippen LogP contribution in [-0.4, -0.2) is 6.04 Å². The Bertz CT molecular complexity index is 251. The van der Waals surface area contributed by atoms with E-state index in [-0.39, 0.29) is 0 Å². The van der Waals surface area contributed by atoms with Crippen LogP contribution in [0.2, 0.25) is 0 Å². The lowest BCUT2D eigenvalue weighted by Gasteiger charge is -2.16. The first-order valence-electron chi connectivity index (χ1n) is 5.21. The predicted molar refractivity (Wildman–Crippen MR) is 55.6 cm³/mol. The highest BCUT2D eigenvalue weighted by Crippen LogP contribution is 2.25. The topological polar surface area (TPSA) is 12.0 Å². The van der Waals surface area contributed by atoms with Gasteiger partial charge in [-0.15, -0.1) is 0 Å². The van der Waals surface area contributed by atoms with Crippen LogP contribution in [0, 0.1) is 0 Å². The molecule has 1 N–H and O–H groups in total. The zero-order chi connectivity index (χ0) is 9.10. The Morgan fingerprint density at radius 3 is 2.54 bits per heavy atom. The minimum absolute atomic E-state index is 0.564. The molecule has 1 atom stereocenters. The van der Waals surface area contributed by atoms with Crippen LogP contribution in [-0.2, 0) is 0 Å². The van der Waals surface area contributed by atoms with Gasteiger partial charge in [0, 0.05) is 12.1 Å². The molecule has 13 heavy (non-hydrogen) atoms. The second-order valence-corrected chi connectivity index (χ2v) is 3.81. The minimum atomic E-state index is 0.564. The van der Waals surface area contributed by atoms with Crippen molar-refractivity contribution in [1.29, 1.82) is 0 Å². The summed E-state index contributed by atoms with van der Waals surface area (Å²) in [5.74, 6) is 0. The normalized spacial score (nSPS) is 18.5. The molecule has 0 unspecified atom stereocenters. The lowest BCUT2D eigenvalue weighted by Crippen LogP contribution is -2.22. The molecule has 1 aromatic rings. The second kappa shape index (κ2) is 3.93. The van der Waals surface area contributed by atoms with Crippen molar-refractivity contribution in [2.75, 3.05) is 0 Å². The summed E-state index contributed by atoms with van der Waals surface area (Å²) in [5, 5.41) is 3.66. The average Bonchev–Trinajstić information content (AvgIpc) is 2.99. The Balaban J connectivity index is 2.02. The predicted octanol–water partition coefficient (Wildman–Crippen LogP) is 2.89. The van der Waals surface area contributed by atoms with Gasteiger partial charge in [-0.2, -0.15) is 0 Å². The van der Waals surface area contributed by atoms with Gasteiger partial charge in [0.25, 0.3) is 0 Å². The molecule has 0 bridgehead atoms. The van der Waals surface area contributed by atoms with E-state index in [1.54, 1.807) is 0 Å². The van der Waals surface area contributed by atoms with E-state index in [1.165, 1.54) is 24.8 Å². The molecular formula is C12H17N. The third-order valence-electron chi connectivity index (χ3n) is 2.62. The molecule has 0 heterocycles. The SMILES string of the molecule is CC[C@@H](NC1CC1)c1ccccc1. The van der Waals surface area contributed by atoms with Crippen LogP contribution in [0.5, 0.6) is 0 Å². The van der Waals surface area contributed by atoms with E-state index < -0.39 is 0 Å². The first-order chi connectivity index (χ1) is 6.40. The number of nitrogens with one attached hydrogen (secondary N) is 1. The van der Waals surface area contributed by atoms with Gasteiger partial charge < -0.3 is 5.32 Å². The van der Waals surface area contributed by atoms with Crippen molar-refractivity contribution in [3.05, 3.63) is 35.9 Å². The second-order valence-electron chi connectivity index (χ2n) is 3.81. The molecule has 1 heteroatoms. The maximum atomic E-state index is 3.66. The zero-order valence-corrected chi connectivity index (χ0v) is 8.16. The van der Waals surface area contributed by atoms with Gasteiger partial charge in [0.2, 0.25) is 0 Å². The molecule has 0 amide bonds. The largest absolute Gasteiger partial charge is 0.307 e. The molecule has 1 aromatic carbocycles. The standard InChI is InChI=1S/C12H17N/c1-2-12(13-11-8-9-11)10-6-4-3-5-7-10/h3-7,11-13H,2,8-9H2,1H3/t12-/m1/s1. The minimum Gasteiger partial charge on any atom is -0.307 e. The van der Waals surface area contributed by atoms with Crippen molar-refractivity contribution >= 4 is 0 Å². The van der Waals surface area contributed by atoms with Gasteiger partial charge in [-0.1, -0.05) is 37.3 Å². The highest BCUT2D eigenvalue weighted by Gasteiger charge is 2.24. The summed E-state index contributed by atoms with van der Waals surface area (Å²) in [4.78, 5) is 0. The fraction of sp³-hybridized carbons (Fsp3) is 0.500. The summed E-state index contributed by atoms with van der Waals surface area (Å²) >= 11 is 0. The Kier molecular flexibility index (Phi) is 2.65. The Morgan fingerprint density at radius 2 is 2.00 bits per heavy atom. The molecule has 0 aromatic heterocycles. The van der Waals surface area contributed by atoms with Crippen LogP contribution in [0.25, 0.3) is 0 Å².